The van der Waals surface area contributed by atoms with Gasteiger partial charge in [0.2, 0.25) is 5.91 Å². The first kappa shape index (κ1) is 18.7. The SMILES string of the molecule is CCc1ccccc1NC(=O)CN1C(=O)NC(C)(c2cc(C)oc2C)C1=O. The molecule has 0 aliphatic carbocycles. The number of urea groups is 1. The second-order valence-electron chi connectivity index (χ2n) is 6.83. The Kier molecular flexibility index (Phi) is 4.78. The predicted octanol–water partition coefficient (Wildman–Crippen LogP) is 2.86. The summed E-state index contributed by atoms with van der Waals surface area (Å²) in [7, 11) is 0. The lowest BCUT2D eigenvalue weighted by atomic mass is 9.92. The topological polar surface area (TPSA) is 91.7 Å². The molecule has 1 saturated heterocycles. The van der Waals surface area contributed by atoms with Gasteiger partial charge in [-0.15, -0.1) is 0 Å². The van der Waals surface area contributed by atoms with Gasteiger partial charge in [0.05, 0.1) is 0 Å². The molecule has 1 aliphatic heterocycles. The van der Waals surface area contributed by atoms with Crippen LogP contribution in [0.25, 0.3) is 0 Å². The van der Waals surface area contributed by atoms with E-state index in [1.54, 1.807) is 32.9 Å². The first-order valence-corrected chi connectivity index (χ1v) is 8.85. The smallest absolute Gasteiger partial charge is 0.325 e. The molecule has 7 nitrogen and oxygen atoms in total. The summed E-state index contributed by atoms with van der Waals surface area (Å²) < 4.78 is 5.50. The molecule has 2 heterocycles. The number of rotatable bonds is 5. The number of hydrogen-bond acceptors (Lipinski definition) is 4. The third kappa shape index (κ3) is 3.32. The molecule has 2 N–H and O–H groups in total. The number of benzene rings is 1. The minimum atomic E-state index is -1.25. The number of carbonyl (C=O) groups is 3. The van der Waals surface area contributed by atoms with E-state index in [2.05, 4.69) is 10.6 Å². The zero-order valence-corrected chi connectivity index (χ0v) is 15.9. The van der Waals surface area contributed by atoms with Crippen LogP contribution in [0.1, 0.15) is 36.5 Å². The summed E-state index contributed by atoms with van der Waals surface area (Å²) >= 11 is 0. The van der Waals surface area contributed by atoms with Crippen molar-refractivity contribution in [2.45, 2.75) is 39.7 Å². The van der Waals surface area contributed by atoms with Crippen LogP contribution in [0.15, 0.2) is 34.7 Å². The van der Waals surface area contributed by atoms with Crippen molar-refractivity contribution in [3.63, 3.8) is 0 Å². The highest BCUT2D eigenvalue weighted by Gasteiger charge is 2.51. The fourth-order valence-electron chi connectivity index (χ4n) is 3.43. The molecule has 1 unspecified atom stereocenters. The van der Waals surface area contributed by atoms with Crippen molar-refractivity contribution in [1.29, 1.82) is 0 Å². The maximum Gasteiger partial charge on any atom is 0.325 e. The minimum absolute atomic E-state index is 0.353. The fraction of sp³-hybridized carbons (Fsp3) is 0.350. The zero-order valence-electron chi connectivity index (χ0n) is 15.9. The Hall–Kier alpha value is -3.09. The largest absolute Gasteiger partial charge is 0.466 e. The Balaban J connectivity index is 1.78. The van der Waals surface area contributed by atoms with Gasteiger partial charge < -0.3 is 15.1 Å². The lowest BCUT2D eigenvalue weighted by Crippen LogP contribution is -2.42. The lowest BCUT2D eigenvalue weighted by molar-refractivity contribution is -0.133. The number of amides is 4. The monoisotopic (exact) mass is 369 g/mol. The van der Waals surface area contributed by atoms with Crippen LogP contribution in [-0.2, 0) is 21.5 Å². The zero-order chi connectivity index (χ0) is 19.8. The second kappa shape index (κ2) is 6.90. The van der Waals surface area contributed by atoms with E-state index in [0.29, 0.717) is 22.8 Å². The number of carbonyl (C=O) groups excluding carboxylic acids is 3. The van der Waals surface area contributed by atoms with Gasteiger partial charge in [0.1, 0.15) is 23.6 Å². The van der Waals surface area contributed by atoms with Gasteiger partial charge in [-0.05, 0) is 44.9 Å². The van der Waals surface area contributed by atoms with E-state index in [0.717, 1.165) is 16.9 Å². The van der Waals surface area contributed by atoms with Crippen LogP contribution in [-0.4, -0.2) is 29.3 Å². The summed E-state index contributed by atoms with van der Waals surface area (Å²) in [5.41, 5.74) is 1.01. The van der Waals surface area contributed by atoms with Gasteiger partial charge >= 0.3 is 6.03 Å². The number of furan rings is 1. The number of nitrogens with zero attached hydrogens (tertiary/aromatic N) is 1. The molecule has 1 fully saturated rings. The highest BCUT2D eigenvalue weighted by atomic mass is 16.3. The van der Waals surface area contributed by atoms with Crippen molar-refractivity contribution in [2.75, 3.05) is 11.9 Å². The highest BCUT2D eigenvalue weighted by molar-refractivity contribution is 6.10. The Morgan fingerprint density at radius 3 is 2.59 bits per heavy atom. The summed E-state index contributed by atoms with van der Waals surface area (Å²) in [6.07, 6.45) is 0.761. The molecule has 7 heteroatoms. The molecule has 0 spiro atoms. The van der Waals surface area contributed by atoms with Gasteiger partial charge in [-0.2, -0.15) is 0 Å². The van der Waals surface area contributed by atoms with E-state index < -0.39 is 23.4 Å². The van der Waals surface area contributed by atoms with Gasteiger partial charge in [0.15, 0.2) is 0 Å². The van der Waals surface area contributed by atoms with Crippen LogP contribution in [0.5, 0.6) is 0 Å². The number of aryl methyl sites for hydroxylation is 3. The maximum atomic E-state index is 12.9. The first-order valence-electron chi connectivity index (χ1n) is 8.85. The van der Waals surface area contributed by atoms with Crippen LogP contribution in [0.3, 0.4) is 0 Å². The molecule has 0 radical (unpaired) electrons. The first-order chi connectivity index (χ1) is 12.8. The number of imide groups is 1. The molecule has 2 aromatic rings. The second-order valence-corrected chi connectivity index (χ2v) is 6.83. The van der Waals surface area contributed by atoms with Crippen molar-refractivity contribution in [3.05, 3.63) is 53.0 Å². The van der Waals surface area contributed by atoms with Gasteiger partial charge in [-0.3, -0.25) is 14.5 Å². The molecule has 1 atom stereocenters. The van der Waals surface area contributed by atoms with Crippen LogP contribution in [0, 0.1) is 13.8 Å². The fourth-order valence-corrected chi connectivity index (χ4v) is 3.43. The molecular weight excluding hydrogens is 346 g/mol. The van der Waals surface area contributed by atoms with E-state index in [-0.39, 0.29) is 6.54 Å². The van der Waals surface area contributed by atoms with Crippen molar-refractivity contribution >= 4 is 23.5 Å². The summed E-state index contributed by atoms with van der Waals surface area (Å²) in [6, 6.07) is 8.57. The van der Waals surface area contributed by atoms with E-state index in [4.69, 9.17) is 4.42 Å². The highest BCUT2D eigenvalue weighted by Crippen LogP contribution is 2.32. The van der Waals surface area contributed by atoms with Crippen LogP contribution < -0.4 is 10.6 Å². The van der Waals surface area contributed by atoms with Crippen molar-refractivity contribution in [1.82, 2.24) is 10.2 Å². The van der Waals surface area contributed by atoms with Crippen molar-refractivity contribution in [3.8, 4) is 0 Å². The summed E-state index contributed by atoms with van der Waals surface area (Å²) in [6.45, 7) is 6.77. The molecule has 142 valence electrons. The van der Waals surface area contributed by atoms with Crippen LogP contribution in [0.2, 0.25) is 0 Å². The Bertz CT molecular complexity index is 918. The molecule has 3 rings (SSSR count). The van der Waals surface area contributed by atoms with E-state index in [9.17, 15) is 14.4 Å². The third-order valence-electron chi connectivity index (χ3n) is 4.83. The number of nitrogens with one attached hydrogen (secondary N) is 2. The Labute approximate surface area is 157 Å². The molecule has 0 bridgehead atoms. The standard InChI is InChI=1S/C20H23N3O4/c1-5-14-8-6-7-9-16(14)21-17(24)11-23-18(25)20(4,22-19(23)26)15-10-12(2)27-13(15)3/h6-10H,5,11H2,1-4H3,(H,21,24)(H,22,26). The quantitative estimate of drug-likeness (QED) is 0.793. The van der Waals surface area contributed by atoms with Crippen molar-refractivity contribution in [2.24, 2.45) is 0 Å². The maximum absolute atomic E-state index is 12.9. The molecule has 1 aromatic carbocycles. The Morgan fingerprint density at radius 1 is 1.26 bits per heavy atom. The van der Waals surface area contributed by atoms with Gasteiger partial charge in [-0.1, -0.05) is 25.1 Å². The van der Waals surface area contributed by atoms with Crippen LogP contribution >= 0.6 is 0 Å². The van der Waals surface area contributed by atoms with Crippen molar-refractivity contribution < 1.29 is 18.8 Å². The minimum Gasteiger partial charge on any atom is -0.466 e. The molecule has 0 saturated carbocycles. The average molecular weight is 369 g/mol. The van der Waals surface area contributed by atoms with Gasteiger partial charge in [-0.25, -0.2) is 4.79 Å². The number of anilines is 1. The van der Waals surface area contributed by atoms with E-state index >= 15 is 0 Å². The molecule has 4 amide bonds. The van der Waals surface area contributed by atoms with Gasteiger partial charge in [0.25, 0.3) is 5.91 Å². The summed E-state index contributed by atoms with van der Waals surface area (Å²) in [5, 5.41) is 5.47. The van der Waals surface area contributed by atoms with Crippen LogP contribution in [0.4, 0.5) is 10.5 Å². The number of para-hydroxylation sites is 1. The Morgan fingerprint density at radius 2 is 1.96 bits per heavy atom. The number of hydrogen-bond donors (Lipinski definition) is 2. The normalized spacial score (nSPS) is 19.3. The summed E-state index contributed by atoms with van der Waals surface area (Å²) in [4.78, 5) is 38.7. The molecule has 27 heavy (non-hydrogen) atoms. The average Bonchev–Trinajstić information content (AvgIpc) is 3.07. The molecular formula is C20H23N3O4. The summed E-state index contributed by atoms with van der Waals surface area (Å²) in [5.74, 6) is 0.309. The molecule has 1 aromatic heterocycles. The predicted molar refractivity (Wildman–Crippen MR) is 100 cm³/mol. The lowest BCUT2D eigenvalue weighted by Gasteiger charge is -2.21. The third-order valence-corrected chi connectivity index (χ3v) is 4.83. The van der Waals surface area contributed by atoms with E-state index in [1.165, 1.54) is 0 Å². The molecule has 1 aliphatic rings. The van der Waals surface area contributed by atoms with Gasteiger partial charge in [0, 0.05) is 11.3 Å². The van der Waals surface area contributed by atoms with E-state index in [1.807, 2.05) is 25.1 Å².